The van der Waals surface area contributed by atoms with E-state index in [9.17, 15) is 8.42 Å². The van der Waals surface area contributed by atoms with Gasteiger partial charge in [-0.05, 0) is 49.7 Å². The average molecular weight is 368 g/mol. The zero-order valence-corrected chi connectivity index (χ0v) is 15.7. The largest absolute Gasteiger partial charge is 0.328 e. The van der Waals surface area contributed by atoms with Crippen molar-refractivity contribution in [2.75, 3.05) is 16.7 Å². The summed E-state index contributed by atoms with van der Waals surface area (Å²) in [6.45, 7) is 3.69. The second-order valence-corrected chi connectivity index (χ2v) is 7.70. The van der Waals surface area contributed by atoms with E-state index in [0.717, 1.165) is 11.3 Å². The summed E-state index contributed by atoms with van der Waals surface area (Å²) in [5, 5.41) is 8.12. The first-order valence-corrected chi connectivity index (χ1v) is 9.58. The highest BCUT2D eigenvalue weighted by atomic mass is 32.2. The van der Waals surface area contributed by atoms with E-state index in [4.69, 9.17) is 0 Å². The molecule has 0 atom stereocenters. The number of hydrogen-bond donors (Lipinski definition) is 1. The summed E-state index contributed by atoms with van der Waals surface area (Å²) in [6, 6.07) is 18.2. The van der Waals surface area contributed by atoms with Gasteiger partial charge in [-0.2, -0.15) is 0 Å². The van der Waals surface area contributed by atoms with Crippen LogP contribution in [0.4, 0.5) is 17.3 Å². The highest BCUT2D eigenvalue weighted by molar-refractivity contribution is 7.92. The Labute approximate surface area is 153 Å². The third kappa shape index (κ3) is 3.83. The second-order valence-electron chi connectivity index (χ2n) is 6.05. The number of anilines is 3. The molecule has 7 heteroatoms. The van der Waals surface area contributed by atoms with E-state index in [1.54, 1.807) is 31.2 Å². The van der Waals surface area contributed by atoms with Gasteiger partial charge in [-0.1, -0.05) is 35.9 Å². The molecule has 0 bridgehead atoms. The van der Waals surface area contributed by atoms with Crippen LogP contribution in [0.1, 0.15) is 11.1 Å². The molecule has 0 aliphatic carbocycles. The molecular formula is C19H20N4O2S. The van der Waals surface area contributed by atoms with Gasteiger partial charge >= 0.3 is 0 Å². The van der Waals surface area contributed by atoms with Crippen molar-refractivity contribution in [1.82, 2.24) is 10.2 Å². The SMILES string of the molecule is Cc1ccc(S(=O)(=O)Nc2ccc(N(C)c3ccccc3)nn2)c(C)c1. The Balaban J connectivity index is 1.81. The fourth-order valence-electron chi connectivity index (χ4n) is 2.64. The topological polar surface area (TPSA) is 75.2 Å². The second kappa shape index (κ2) is 7.13. The molecule has 3 aromatic rings. The number of hydrogen-bond acceptors (Lipinski definition) is 5. The molecular weight excluding hydrogens is 348 g/mol. The normalized spacial score (nSPS) is 11.2. The molecule has 1 heterocycles. The molecule has 26 heavy (non-hydrogen) atoms. The van der Waals surface area contributed by atoms with E-state index < -0.39 is 10.0 Å². The standard InChI is InChI=1S/C19H20N4O2S/c1-14-9-10-17(15(2)13-14)26(24,25)22-18-11-12-19(21-20-18)23(3)16-7-5-4-6-8-16/h4-13H,1-3H3,(H,20,22). The Hall–Kier alpha value is -2.93. The van der Waals surface area contributed by atoms with Crippen LogP contribution in [0.3, 0.4) is 0 Å². The summed E-state index contributed by atoms with van der Waals surface area (Å²) in [5.41, 5.74) is 2.66. The lowest BCUT2D eigenvalue weighted by atomic mass is 10.2. The Morgan fingerprint density at radius 2 is 1.65 bits per heavy atom. The van der Waals surface area contributed by atoms with Crippen LogP contribution in [0, 0.1) is 13.8 Å². The summed E-state index contributed by atoms with van der Waals surface area (Å²) < 4.78 is 27.7. The van der Waals surface area contributed by atoms with E-state index in [1.165, 1.54) is 0 Å². The van der Waals surface area contributed by atoms with Gasteiger partial charge in [-0.15, -0.1) is 10.2 Å². The molecule has 1 N–H and O–H groups in total. The lowest BCUT2D eigenvalue weighted by molar-refractivity contribution is 0.600. The predicted octanol–water partition coefficient (Wildman–Crippen LogP) is 3.66. The summed E-state index contributed by atoms with van der Waals surface area (Å²) in [5.74, 6) is 0.792. The Morgan fingerprint density at radius 3 is 2.27 bits per heavy atom. The maximum absolute atomic E-state index is 12.6. The third-order valence-corrected chi connectivity index (χ3v) is 5.51. The minimum atomic E-state index is -3.71. The summed E-state index contributed by atoms with van der Waals surface area (Å²) in [6.07, 6.45) is 0. The molecule has 0 fully saturated rings. The highest BCUT2D eigenvalue weighted by Gasteiger charge is 2.18. The van der Waals surface area contributed by atoms with Crippen LogP contribution >= 0.6 is 0 Å². The van der Waals surface area contributed by atoms with Gasteiger partial charge in [-0.3, -0.25) is 4.72 Å². The van der Waals surface area contributed by atoms with Crippen molar-refractivity contribution in [3.63, 3.8) is 0 Å². The van der Waals surface area contributed by atoms with Crippen molar-refractivity contribution in [2.24, 2.45) is 0 Å². The van der Waals surface area contributed by atoms with E-state index in [0.29, 0.717) is 11.4 Å². The molecule has 0 radical (unpaired) electrons. The number of nitrogens with one attached hydrogen (secondary N) is 1. The van der Waals surface area contributed by atoms with E-state index in [-0.39, 0.29) is 10.7 Å². The number of benzene rings is 2. The van der Waals surface area contributed by atoms with Crippen molar-refractivity contribution >= 4 is 27.3 Å². The van der Waals surface area contributed by atoms with Crippen LogP contribution in [0.5, 0.6) is 0 Å². The Morgan fingerprint density at radius 1 is 0.923 bits per heavy atom. The van der Waals surface area contributed by atoms with Gasteiger partial charge in [-0.25, -0.2) is 8.42 Å². The van der Waals surface area contributed by atoms with Crippen molar-refractivity contribution < 1.29 is 8.42 Å². The van der Waals surface area contributed by atoms with Gasteiger partial charge in [0.05, 0.1) is 4.90 Å². The first-order valence-electron chi connectivity index (χ1n) is 8.09. The quantitative estimate of drug-likeness (QED) is 0.744. The fraction of sp³-hybridized carbons (Fsp3) is 0.158. The van der Waals surface area contributed by atoms with Crippen molar-refractivity contribution in [1.29, 1.82) is 0 Å². The molecule has 0 aliphatic rings. The predicted molar refractivity (Wildman–Crippen MR) is 103 cm³/mol. The molecule has 134 valence electrons. The lowest BCUT2D eigenvalue weighted by Gasteiger charge is -2.17. The highest BCUT2D eigenvalue weighted by Crippen LogP contribution is 2.23. The smallest absolute Gasteiger partial charge is 0.263 e. The van der Waals surface area contributed by atoms with Gasteiger partial charge in [0.1, 0.15) is 0 Å². The average Bonchev–Trinajstić information content (AvgIpc) is 2.62. The summed E-state index contributed by atoms with van der Waals surface area (Å²) in [7, 11) is -1.84. The number of para-hydroxylation sites is 1. The van der Waals surface area contributed by atoms with E-state index >= 15 is 0 Å². The summed E-state index contributed by atoms with van der Waals surface area (Å²) in [4.78, 5) is 2.10. The van der Waals surface area contributed by atoms with Crippen LogP contribution in [-0.4, -0.2) is 25.7 Å². The van der Waals surface area contributed by atoms with Gasteiger partial charge in [0.25, 0.3) is 10.0 Å². The van der Waals surface area contributed by atoms with Crippen LogP contribution in [0.2, 0.25) is 0 Å². The van der Waals surface area contributed by atoms with E-state index in [2.05, 4.69) is 14.9 Å². The molecule has 0 unspecified atom stereocenters. The molecule has 6 nitrogen and oxygen atoms in total. The Bertz CT molecular complexity index is 1000. The molecule has 0 amide bonds. The van der Waals surface area contributed by atoms with Crippen molar-refractivity contribution in [2.45, 2.75) is 18.7 Å². The van der Waals surface area contributed by atoms with Gasteiger partial charge in [0, 0.05) is 12.7 Å². The summed E-state index contributed by atoms with van der Waals surface area (Å²) >= 11 is 0. The van der Waals surface area contributed by atoms with Crippen LogP contribution < -0.4 is 9.62 Å². The van der Waals surface area contributed by atoms with Gasteiger partial charge in [0.15, 0.2) is 11.6 Å². The molecule has 0 aliphatic heterocycles. The number of sulfonamides is 1. The lowest BCUT2D eigenvalue weighted by Crippen LogP contribution is -2.17. The van der Waals surface area contributed by atoms with Crippen molar-refractivity contribution in [3.8, 4) is 0 Å². The monoisotopic (exact) mass is 368 g/mol. The van der Waals surface area contributed by atoms with Crippen LogP contribution in [0.15, 0.2) is 65.6 Å². The minimum Gasteiger partial charge on any atom is -0.328 e. The van der Waals surface area contributed by atoms with Crippen molar-refractivity contribution in [3.05, 3.63) is 71.8 Å². The fourth-order valence-corrected chi connectivity index (χ4v) is 3.86. The van der Waals surface area contributed by atoms with Gasteiger partial charge < -0.3 is 4.90 Å². The van der Waals surface area contributed by atoms with Crippen LogP contribution in [-0.2, 0) is 10.0 Å². The first kappa shape index (κ1) is 17.9. The number of rotatable bonds is 5. The zero-order chi connectivity index (χ0) is 18.7. The number of aryl methyl sites for hydroxylation is 2. The van der Waals surface area contributed by atoms with Gasteiger partial charge in [0.2, 0.25) is 0 Å². The van der Waals surface area contributed by atoms with Crippen LogP contribution in [0.25, 0.3) is 0 Å². The zero-order valence-electron chi connectivity index (χ0n) is 14.8. The molecule has 0 spiro atoms. The maximum atomic E-state index is 12.6. The maximum Gasteiger partial charge on any atom is 0.263 e. The number of aromatic nitrogens is 2. The van der Waals surface area contributed by atoms with E-state index in [1.807, 2.05) is 55.3 Å². The molecule has 2 aromatic carbocycles. The third-order valence-electron chi connectivity index (χ3n) is 4.00. The first-order chi connectivity index (χ1) is 12.4. The number of nitrogens with zero attached hydrogens (tertiary/aromatic N) is 3. The molecule has 3 rings (SSSR count). The molecule has 0 saturated heterocycles. The minimum absolute atomic E-state index is 0.176. The molecule has 0 saturated carbocycles. The molecule has 1 aromatic heterocycles. The Kier molecular flexibility index (Phi) is 4.90.